The van der Waals surface area contributed by atoms with Gasteiger partial charge in [0.1, 0.15) is 5.69 Å². The number of amides is 1. The second-order valence-electron chi connectivity index (χ2n) is 7.44. The maximum Gasteiger partial charge on any atom is 0.335 e. The summed E-state index contributed by atoms with van der Waals surface area (Å²) in [6.45, 7) is 1.43. The Morgan fingerprint density at radius 1 is 1.11 bits per heavy atom. The number of benzene rings is 2. The minimum Gasteiger partial charge on any atom is -0.478 e. The Labute approximate surface area is 164 Å². The summed E-state index contributed by atoms with van der Waals surface area (Å²) < 4.78 is 2.09. The van der Waals surface area contributed by atoms with Gasteiger partial charge < -0.3 is 14.6 Å². The van der Waals surface area contributed by atoms with Crippen molar-refractivity contribution in [3.8, 4) is 0 Å². The fourth-order valence-electron chi connectivity index (χ4n) is 4.11. The van der Waals surface area contributed by atoms with Gasteiger partial charge in [-0.25, -0.2) is 4.79 Å². The standard InChI is InChI=1S/C23H24N2O3/c1-24-13-6-5-9-18-19-15-17(23(27)28)10-11-20(19)25(21(18)22(24)26)14-12-16-7-3-2-4-8-16/h2-4,7-8,10-11,15H,5-6,9,12-14H2,1H3,(H,27,28). The number of nitrogens with zero attached hydrogens (tertiary/aromatic N) is 2. The van der Waals surface area contributed by atoms with Crippen molar-refractivity contribution in [3.05, 3.63) is 70.9 Å². The van der Waals surface area contributed by atoms with E-state index in [9.17, 15) is 14.7 Å². The Morgan fingerprint density at radius 3 is 2.64 bits per heavy atom. The maximum absolute atomic E-state index is 13.2. The van der Waals surface area contributed by atoms with Crippen LogP contribution in [-0.4, -0.2) is 40.0 Å². The number of carbonyl (C=O) groups is 2. The molecular formula is C23H24N2O3. The maximum atomic E-state index is 13.2. The predicted molar refractivity (Wildman–Crippen MR) is 109 cm³/mol. The molecule has 1 aliphatic heterocycles. The first kappa shape index (κ1) is 18.3. The van der Waals surface area contributed by atoms with Crippen molar-refractivity contribution >= 4 is 22.8 Å². The summed E-state index contributed by atoms with van der Waals surface area (Å²) in [6, 6.07) is 15.4. The van der Waals surface area contributed by atoms with E-state index >= 15 is 0 Å². The molecule has 3 aromatic rings. The molecular weight excluding hydrogens is 352 g/mol. The van der Waals surface area contributed by atoms with Gasteiger partial charge in [-0.2, -0.15) is 0 Å². The van der Waals surface area contributed by atoms with Gasteiger partial charge in [-0.15, -0.1) is 0 Å². The van der Waals surface area contributed by atoms with Crippen LogP contribution in [-0.2, 0) is 19.4 Å². The quantitative estimate of drug-likeness (QED) is 0.749. The first-order chi connectivity index (χ1) is 13.6. The zero-order valence-electron chi connectivity index (χ0n) is 16.0. The number of aryl methyl sites for hydroxylation is 3. The topological polar surface area (TPSA) is 62.5 Å². The molecule has 0 radical (unpaired) electrons. The summed E-state index contributed by atoms with van der Waals surface area (Å²) in [5.74, 6) is -0.919. The SMILES string of the molecule is CN1CCCCc2c(n(CCc3ccccc3)c3ccc(C(=O)O)cc23)C1=O. The number of carboxylic acid groups (broad SMARTS) is 1. The van der Waals surface area contributed by atoms with Crippen molar-refractivity contribution in [1.29, 1.82) is 0 Å². The molecule has 0 saturated carbocycles. The largest absolute Gasteiger partial charge is 0.478 e. The van der Waals surface area contributed by atoms with Gasteiger partial charge in [0.25, 0.3) is 5.91 Å². The van der Waals surface area contributed by atoms with E-state index in [0.717, 1.165) is 54.4 Å². The van der Waals surface area contributed by atoms with Crippen LogP contribution in [0, 0.1) is 0 Å². The first-order valence-electron chi connectivity index (χ1n) is 9.74. The highest BCUT2D eigenvalue weighted by Crippen LogP contribution is 2.31. The van der Waals surface area contributed by atoms with Gasteiger partial charge in [0.15, 0.2) is 0 Å². The Hall–Kier alpha value is -3.08. The van der Waals surface area contributed by atoms with Crippen molar-refractivity contribution < 1.29 is 14.7 Å². The zero-order valence-corrected chi connectivity index (χ0v) is 16.0. The van der Waals surface area contributed by atoms with Crippen LogP contribution in [0.4, 0.5) is 0 Å². The average molecular weight is 376 g/mol. The number of carbonyl (C=O) groups excluding carboxylic acids is 1. The third-order valence-electron chi connectivity index (χ3n) is 5.60. The van der Waals surface area contributed by atoms with E-state index in [0.29, 0.717) is 6.54 Å². The number of fused-ring (bicyclic) bond motifs is 3. The molecule has 0 saturated heterocycles. The van der Waals surface area contributed by atoms with E-state index in [1.54, 1.807) is 17.0 Å². The molecule has 1 aromatic heterocycles. The molecule has 1 N–H and O–H groups in total. The molecule has 28 heavy (non-hydrogen) atoms. The van der Waals surface area contributed by atoms with Crippen molar-refractivity contribution in [2.45, 2.75) is 32.2 Å². The second-order valence-corrected chi connectivity index (χ2v) is 7.44. The van der Waals surface area contributed by atoms with Gasteiger partial charge in [0, 0.05) is 31.0 Å². The smallest absolute Gasteiger partial charge is 0.335 e. The molecule has 4 rings (SSSR count). The van der Waals surface area contributed by atoms with Crippen molar-refractivity contribution in [3.63, 3.8) is 0 Å². The number of hydrogen-bond donors (Lipinski definition) is 1. The molecule has 0 bridgehead atoms. The van der Waals surface area contributed by atoms with E-state index in [2.05, 4.69) is 16.7 Å². The van der Waals surface area contributed by atoms with Crippen LogP contribution in [0.1, 0.15) is 44.8 Å². The Morgan fingerprint density at radius 2 is 1.89 bits per heavy atom. The van der Waals surface area contributed by atoms with E-state index < -0.39 is 5.97 Å². The number of carboxylic acids is 1. The van der Waals surface area contributed by atoms with Crippen LogP contribution in [0.15, 0.2) is 48.5 Å². The molecule has 2 aromatic carbocycles. The molecule has 2 heterocycles. The van der Waals surface area contributed by atoms with Crippen molar-refractivity contribution in [2.24, 2.45) is 0 Å². The predicted octanol–water partition coefficient (Wildman–Crippen LogP) is 3.99. The minimum absolute atomic E-state index is 0.0239. The summed E-state index contributed by atoms with van der Waals surface area (Å²) in [5, 5.41) is 10.3. The lowest BCUT2D eigenvalue weighted by Crippen LogP contribution is -2.32. The Bertz CT molecular complexity index is 1040. The highest BCUT2D eigenvalue weighted by atomic mass is 16.4. The van der Waals surface area contributed by atoms with Crippen molar-refractivity contribution in [2.75, 3.05) is 13.6 Å². The molecule has 1 aliphatic rings. The van der Waals surface area contributed by atoms with E-state index in [1.807, 2.05) is 31.3 Å². The zero-order chi connectivity index (χ0) is 19.7. The normalized spacial score (nSPS) is 14.6. The lowest BCUT2D eigenvalue weighted by Gasteiger charge is -2.22. The Balaban J connectivity index is 1.87. The number of aromatic carboxylic acids is 1. The highest BCUT2D eigenvalue weighted by Gasteiger charge is 2.26. The third kappa shape index (κ3) is 3.28. The third-order valence-corrected chi connectivity index (χ3v) is 5.60. The molecule has 0 aliphatic carbocycles. The molecule has 144 valence electrons. The molecule has 0 atom stereocenters. The van der Waals surface area contributed by atoms with Gasteiger partial charge in [0.2, 0.25) is 0 Å². The van der Waals surface area contributed by atoms with E-state index in [4.69, 9.17) is 0 Å². The Kier molecular flexibility index (Phi) is 4.90. The number of aromatic nitrogens is 1. The van der Waals surface area contributed by atoms with Gasteiger partial charge >= 0.3 is 5.97 Å². The molecule has 0 spiro atoms. The molecule has 5 heteroatoms. The monoisotopic (exact) mass is 376 g/mol. The first-order valence-corrected chi connectivity index (χ1v) is 9.74. The van der Waals surface area contributed by atoms with Gasteiger partial charge in [-0.05, 0) is 55.0 Å². The number of hydrogen-bond acceptors (Lipinski definition) is 2. The summed E-state index contributed by atoms with van der Waals surface area (Å²) in [4.78, 5) is 26.5. The van der Waals surface area contributed by atoms with Gasteiger partial charge in [0.05, 0.1) is 5.56 Å². The van der Waals surface area contributed by atoms with Gasteiger partial charge in [-0.3, -0.25) is 4.79 Å². The van der Waals surface area contributed by atoms with Crippen LogP contribution in [0.5, 0.6) is 0 Å². The minimum atomic E-state index is -0.943. The van der Waals surface area contributed by atoms with Crippen LogP contribution in [0.2, 0.25) is 0 Å². The molecule has 1 amide bonds. The molecule has 0 fully saturated rings. The summed E-state index contributed by atoms with van der Waals surface area (Å²) in [6.07, 6.45) is 3.55. The molecule has 5 nitrogen and oxygen atoms in total. The average Bonchev–Trinajstić information content (AvgIpc) is 3.01. The second kappa shape index (κ2) is 7.50. The lowest BCUT2D eigenvalue weighted by molar-refractivity contribution is 0.0696. The van der Waals surface area contributed by atoms with Crippen molar-refractivity contribution in [1.82, 2.24) is 9.47 Å². The summed E-state index contributed by atoms with van der Waals surface area (Å²) >= 11 is 0. The molecule has 0 unspecified atom stereocenters. The number of rotatable bonds is 4. The highest BCUT2D eigenvalue weighted by molar-refractivity contribution is 6.03. The fraction of sp³-hybridized carbons (Fsp3) is 0.304. The summed E-state index contributed by atoms with van der Waals surface area (Å²) in [5.41, 5.74) is 4.12. The van der Waals surface area contributed by atoms with Gasteiger partial charge in [-0.1, -0.05) is 30.3 Å². The van der Waals surface area contributed by atoms with Crippen LogP contribution in [0.25, 0.3) is 10.9 Å². The summed E-state index contributed by atoms with van der Waals surface area (Å²) in [7, 11) is 1.85. The van der Waals surface area contributed by atoms with Crippen LogP contribution in [0.3, 0.4) is 0 Å². The van der Waals surface area contributed by atoms with E-state index in [1.165, 1.54) is 5.56 Å². The van der Waals surface area contributed by atoms with E-state index in [-0.39, 0.29) is 11.5 Å². The van der Waals surface area contributed by atoms with Crippen LogP contribution < -0.4 is 0 Å². The fourth-order valence-corrected chi connectivity index (χ4v) is 4.11. The lowest BCUT2D eigenvalue weighted by atomic mass is 10.0. The van der Waals surface area contributed by atoms with Crippen LogP contribution >= 0.6 is 0 Å².